The number of hydrogen-bond acceptors (Lipinski definition) is 6. The number of ether oxygens (including phenoxy) is 1. The molecule has 1 saturated carbocycles. The smallest absolute Gasteiger partial charge is 0.411 e. The van der Waals surface area contributed by atoms with Gasteiger partial charge < -0.3 is 9.26 Å². The van der Waals surface area contributed by atoms with Crippen LogP contribution in [0.3, 0.4) is 0 Å². The lowest BCUT2D eigenvalue weighted by Crippen LogP contribution is -2.35. The van der Waals surface area contributed by atoms with E-state index in [1.807, 2.05) is 52.0 Å². The van der Waals surface area contributed by atoms with Gasteiger partial charge in [0.05, 0.1) is 24.5 Å². The summed E-state index contributed by atoms with van der Waals surface area (Å²) in [5.41, 5.74) is 2.38. The van der Waals surface area contributed by atoms with Gasteiger partial charge in [-0.05, 0) is 77.1 Å². The fourth-order valence-electron chi connectivity index (χ4n) is 4.97. The minimum atomic E-state index is -0.583. The standard InChI is InChI=1S/C25H30ClN5O3/c1-15-11-20(29-34-15)16-5-7-17(8-6-16)23-28-27-22-14-30(24(32)33-25(2,3)4)13-18-12-19(26)9-10-21(18)31(22)23/h9-12,16-17H,5-8,13-14H2,1-4H3/t16-,17-. The zero-order valence-electron chi connectivity index (χ0n) is 20.0. The Kier molecular flexibility index (Phi) is 5.88. The maximum Gasteiger partial charge on any atom is 0.411 e. The van der Waals surface area contributed by atoms with Gasteiger partial charge in [0, 0.05) is 22.9 Å². The molecule has 180 valence electrons. The largest absolute Gasteiger partial charge is 0.444 e. The maximum atomic E-state index is 13.0. The summed E-state index contributed by atoms with van der Waals surface area (Å²) in [6.45, 7) is 8.24. The third-order valence-electron chi connectivity index (χ3n) is 6.54. The van der Waals surface area contributed by atoms with Crippen molar-refractivity contribution in [2.24, 2.45) is 0 Å². The van der Waals surface area contributed by atoms with Gasteiger partial charge in [-0.2, -0.15) is 0 Å². The number of aryl methyl sites for hydroxylation is 1. The quantitative estimate of drug-likeness (QED) is 0.450. The summed E-state index contributed by atoms with van der Waals surface area (Å²) < 4.78 is 13.1. The molecule has 0 spiro atoms. The van der Waals surface area contributed by atoms with E-state index in [1.165, 1.54) is 0 Å². The van der Waals surface area contributed by atoms with Crippen LogP contribution in [0.2, 0.25) is 5.02 Å². The zero-order valence-corrected chi connectivity index (χ0v) is 20.8. The van der Waals surface area contributed by atoms with Crippen molar-refractivity contribution in [3.8, 4) is 5.69 Å². The van der Waals surface area contributed by atoms with Crippen LogP contribution in [-0.4, -0.2) is 36.5 Å². The molecule has 0 radical (unpaired) electrons. The molecule has 2 aromatic heterocycles. The van der Waals surface area contributed by atoms with Crippen LogP contribution in [-0.2, 0) is 17.8 Å². The third-order valence-corrected chi connectivity index (χ3v) is 6.77. The van der Waals surface area contributed by atoms with Crippen LogP contribution in [0.25, 0.3) is 5.69 Å². The maximum absolute atomic E-state index is 13.0. The van der Waals surface area contributed by atoms with Gasteiger partial charge in [-0.3, -0.25) is 9.47 Å². The number of aromatic nitrogens is 4. The number of halogens is 1. The Bertz CT molecular complexity index is 1200. The van der Waals surface area contributed by atoms with E-state index in [0.717, 1.165) is 60.0 Å². The second-order valence-electron chi connectivity index (χ2n) is 10.3. The summed E-state index contributed by atoms with van der Waals surface area (Å²) in [5.74, 6) is 3.22. The molecule has 5 rings (SSSR count). The first kappa shape index (κ1) is 22.9. The second kappa shape index (κ2) is 8.73. The van der Waals surface area contributed by atoms with Crippen molar-refractivity contribution in [1.29, 1.82) is 0 Å². The lowest BCUT2D eigenvalue weighted by Gasteiger charge is -2.27. The van der Waals surface area contributed by atoms with Gasteiger partial charge in [0.25, 0.3) is 0 Å². The van der Waals surface area contributed by atoms with Crippen molar-refractivity contribution in [2.45, 2.75) is 83.9 Å². The predicted octanol–water partition coefficient (Wildman–Crippen LogP) is 5.91. The van der Waals surface area contributed by atoms with Gasteiger partial charge in [-0.1, -0.05) is 16.8 Å². The molecule has 1 aliphatic heterocycles. The first-order valence-electron chi connectivity index (χ1n) is 11.8. The Morgan fingerprint density at radius 2 is 1.82 bits per heavy atom. The van der Waals surface area contributed by atoms with Crippen LogP contribution < -0.4 is 0 Å². The molecule has 8 nitrogen and oxygen atoms in total. The first-order valence-corrected chi connectivity index (χ1v) is 12.2. The van der Waals surface area contributed by atoms with Crippen molar-refractivity contribution in [3.05, 3.63) is 58.0 Å². The van der Waals surface area contributed by atoms with Gasteiger partial charge in [0.15, 0.2) is 5.82 Å². The van der Waals surface area contributed by atoms with Gasteiger partial charge >= 0.3 is 6.09 Å². The minimum Gasteiger partial charge on any atom is -0.444 e. The van der Waals surface area contributed by atoms with E-state index in [4.69, 9.17) is 20.9 Å². The highest BCUT2D eigenvalue weighted by Gasteiger charge is 2.33. The van der Waals surface area contributed by atoms with Gasteiger partial charge in [-0.25, -0.2) is 4.79 Å². The average molecular weight is 484 g/mol. The summed E-state index contributed by atoms with van der Waals surface area (Å²) in [7, 11) is 0. The van der Waals surface area contributed by atoms with Crippen LogP contribution in [0.15, 0.2) is 28.8 Å². The SMILES string of the molecule is Cc1cc([C@H]2CC[C@H](c3nnc4n3-c3ccc(Cl)cc3CN(C(=O)OC(C)(C)C)C4)CC2)no1. The number of benzene rings is 1. The number of hydrogen-bond donors (Lipinski definition) is 0. The molecule has 3 aromatic rings. The molecule has 1 aromatic carbocycles. The van der Waals surface area contributed by atoms with Crippen LogP contribution in [0.4, 0.5) is 4.79 Å². The molecule has 3 heterocycles. The Balaban J connectivity index is 1.44. The number of fused-ring (bicyclic) bond motifs is 3. The van der Waals surface area contributed by atoms with Gasteiger partial charge in [0.1, 0.15) is 17.2 Å². The van der Waals surface area contributed by atoms with E-state index in [1.54, 1.807) is 4.90 Å². The number of amides is 1. The topological polar surface area (TPSA) is 86.3 Å². The number of rotatable bonds is 2. The Morgan fingerprint density at radius 1 is 1.09 bits per heavy atom. The molecule has 0 saturated heterocycles. The van der Waals surface area contributed by atoms with E-state index in [2.05, 4.69) is 19.9 Å². The highest BCUT2D eigenvalue weighted by molar-refractivity contribution is 6.30. The van der Waals surface area contributed by atoms with Gasteiger partial charge in [0.2, 0.25) is 0 Å². The van der Waals surface area contributed by atoms with Crippen molar-refractivity contribution in [3.63, 3.8) is 0 Å². The van der Waals surface area contributed by atoms with Crippen molar-refractivity contribution in [1.82, 2.24) is 24.8 Å². The normalized spacial score (nSPS) is 20.4. The number of nitrogens with zero attached hydrogens (tertiary/aromatic N) is 5. The molecule has 1 aliphatic carbocycles. The number of carbonyl (C=O) groups is 1. The first-order chi connectivity index (χ1) is 16.2. The molecule has 0 bridgehead atoms. The molecule has 34 heavy (non-hydrogen) atoms. The molecule has 1 fully saturated rings. The van der Waals surface area contributed by atoms with E-state index >= 15 is 0 Å². The van der Waals surface area contributed by atoms with Crippen LogP contribution >= 0.6 is 11.6 Å². The average Bonchev–Trinajstić information content (AvgIpc) is 3.35. The second-order valence-corrected chi connectivity index (χ2v) is 10.8. The predicted molar refractivity (Wildman–Crippen MR) is 127 cm³/mol. The Hall–Kier alpha value is -2.87. The highest BCUT2D eigenvalue weighted by Crippen LogP contribution is 2.41. The van der Waals surface area contributed by atoms with E-state index in [0.29, 0.717) is 24.0 Å². The summed E-state index contributed by atoms with van der Waals surface area (Å²) in [4.78, 5) is 14.6. The van der Waals surface area contributed by atoms with E-state index < -0.39 is 5.60 Å². The molecule has 2 aliphatic rings. The summed E-state index contributed by atoms with van der Waals surface area (Å²) in [5, 5.41) is 14.0. The van der Waals surface area contributed by atoms with E-state index in [9.17, 15) is 4.79 Å². The lowest BCUT2D eigenvalue weighted by molar-refractivity contribution is 0.0214. The van der Waals surface area contributed by atoms with Crippen molar-refractivity contribution in [2.75, 3.05) is 0 Å². The van der Waals surface area contributed by atoms with Crippen molar-refractivity contribution < 1.29 is 14.1 Å². The molecule has 1 amide bonds. The molecule has 0 N–H and O–H groups in total. The minimum absolute atomic E-state index is 0.280. The van der Waals surface area contributed by atoms with Gasteiger partial charge in [-0.15, -0.1) is 10.2 Å². The highest BCUT2D eigenvalue weighted by atomic mass is 35.5. The Morgan fingerprint density at radius 3 is 2.50 bits per heavy atom. The van der Waals surface area contributed by atoms with E-state index in [-0.39, 0.29) is 12.0 Å². The third kappa shape index (κ3) is 4.56. The fraction of sp³-hybridized carbons (Fsp3) is 0.520. The van der Waals surface area contributed by atoms with Crippen LogP contribution in [0.5, 0.6) is 0 Å². The molecular weight excluding hydrogens is 454 g/mol. The monoisotopic (exact) mass is 483 g/mol. The van der Waals surface area contributed by atoms with Crippen molar-refractivity contribution >= 4 is 17.7 Å². The summed E-state index contributed by atoms with van der Waals surface area (Å²) in [6.07, 6.45) is 3.66. The molecule has 9 heteroatoms. The molecular formula is C25H30ClN5O3. The number of carbonyl (C=O) groups excluding carboxylic acids is 1. The zero-order chi connectivity index (χ0) is 24.0. The molecule has 0 atom stereocenters. The Labute approximate surface area is 204 Å². The van der Waals surface area contributed by atoms with Crippen LogP contribution in [0, 0.1) is 6.92 Å². The molecule has 0 unspecified atom stereocenters. The summed E-state index contributed by atoms with van der Waals surface area (Å²) in [6, 6.07) is 7.83. The lowest BCUT2D eigenvalue weighted by atomic mass is 9.80. The summed E-state index contributed by atoms with van der Waals surface area (Å²) >= 11 is 6.34. The fourth-order valence-corrected chi connectivity index (χ4v) is 5.17. The van der Waals surface area contributed by atoms with Crippen LogP contribution in [0.1, 0.15) is 87.0 Å².